The van der Waals surface area contributed by atoms with E-state index in [9.17, 15) is 4.79 Å². The van der Waals surface area contributed by atoms with Gasteiger partial charge in [-0.15, -0.1) is 0 Å². The van der Waals surface area contributed by atoms with Gasteiger partial charge < -0.3 is 14.4 Å². The normalized spacial score (nSPS) is 16.7. The highest BCUT2D eigenvalue weighted by Crippen LogP contribution is 2.17. The van der Waals surface area contributed by atoms with Crippen molar-refractivity contribution in [1.29, 1.82) is 0 Å². The van der Waals surface area contributed by atoms with Crippen molar-refractivity contribution >= 4 is 17.1 Å². The fraction of sp³-hybridized carbons (Fsp3) is 0.632. The summed E-state index contributed by atoms with van der Waals surface area (Å²) in [6, 6.07) is 2.15. The molecule has 1 saturated heterocycles. The Balaban J connectivity index is 1.66. The molecule has 0 spiro atoms. The summed E-state index contributed by atoms with van der Waals surface area (Å²) < 4.78 is 2.02. The van der Waals surface area contributed by atoms with Crippen molar-refractivity contribution in [2.24, 2.45) is 5.92 Å². The fourth-order valence-electron chi connectivity index (χ4n) is 3.65. The number of fused-ring (bicyclic) bond motifs is 1. The number of amides is 1. The SMILES string of the molecule is CC(CN1CCCC1)CN(C)C(=O)c1cnc2c(c1)ncn2C(C)C. The molecule has 0 N–H and O–H groups in total. The number of carbonyl (C=O) groups excluding carboxylic acids is 1. The highest BCUT2D eigenvalue weighted by Gasteiger charge is 2.19. The molecule has 1 aliphatic rings. The van der Waals surface area contributed by atoms with Crippen molar-refractivity contribution in [3.8, 4) is 0 Å². The van der Waals surface area contributed by atoms with Crippen molar-refractivity contribution in [2.75, 3.05) is 33.2 Å². The zero-order valence-corrected chi connectivity index (χ0v) is 15.8. The predicted molar refractivity (Wildman–Crippen MR) is 99.7 cm³/mol. The first-order chi connectivity index (χ1) is 12.0. The largest absolute Gasteiger partial charge is 0.341 e. The van der Waals surface area contributed by atoms with Crippen LogP contribution in [0.1, 0.15) is 50.0 Å². The van der Waals surface area contributed by atoms with E-state index in [0.717, 1.165) is 24.3 Å². The fourth-order valence-corrected chi connectivity index (χ4v) is 3.65. The molecule has 1 unspecified atom stereocenters. The number of rotatable bonds is 6. The highest BCUT2D eigenvalue weighted by atomic mass is 16.2. The lowest BCUT2D eigenvalue weighted by Crippen LogP contribution is -2.36. The minimum absolute atomic E-state index is 0.0155. The second kappa shape index (κ2) is 7.52. The van der Waals surface area contributed by atoms with Gasteiger partial charge in [0.1, 0.15) is 5.52 Å². The lowest BCUT2D eigenvalue weighted by molar-refractivity contribution is 0.0766. The zero-order valence-electron chi connectivity index (χ0n) is 15.8. The second-order valence-electron chi connectivity index (χ2n) is 7.61. The number of pyridine rings is 1. The lowest BCUT2D eigenvalue weighted by Gasteiger charge is -2.25. The molecule has 6 nitrogen and oxygen atoms in total. The summed E-state index contributed by atoms with van der Waals surface area (Å²) in [7, 11) is 1.87. The van der Waals surface area contributed by atoms with Crippen LogP contribution in [0.25, 0.3) is 11.2 Å². The van der Waals surface area contributed by atoms with E-state index in [2.05, 4.69) is 35.6 Å². The van der Waals surface area contributed by atoms with Crippen molar-refractivity contribution in [2.45, 2.75) is 39.7 Å². The van der Waals surface area contributed by atoms with E-state index in [1.54, 1.807) is 12.5 Å². The summed E-state index contributed by atoms with van der Waals surface area (Å²) in [4.78, 5) is 25.9. The van der Waals surface area contributed by atoms with Gasteiger partial charge in [0, 0.05) is 32.4 Å². The van der Waals surface area contributed by atoms with Gasteiger partial charge in [-0.25, -0.2) is 9.97 Å². The van der Waals surface area contributed by atoms with Crippen LogP contribution in [0.4, 0.5) is 0 Å². The molecular formula is C19H29N5O. The van der Waals surface area contributed by atoms with E-state index < -0.39 is 0 Å². The molecule has 3 rings (SSSR count). The zero-order chi connectivity index (χ0) is 18.0. The molecule has 1 atom stereocenters. The Morgan fingerprint density at radius 2 is 1.96 bits per heavy atom. The van der Waals surface area contributed by atoms with Crippen LogP contribution in [-0.4, -0.2) is 63.5 Å². The topological polar surface area (TPSA) is 54.3 Å². The second-order valence-corrected chi connectivity index (χ2v) is 7.61. The molecule has 2 aromatic rings. The molecule has 0 aliphatic carbocycles. The standard InChI is InChI=1S/C19H29N5O/c1-14(2)24-13-21-17-9-16(10-20-18(17)24)19(25)22(4)11-15(3)12-23-7-5-6-8-23/h9-10,13-15H,5-8,11-12H2,1-4H3. The monoisotopic (exact) mass is 343 g/mol. The van der Waals surface area contributed by atoms with Gasteiger partial charge in [0.05, 0.1) is 11.9 Å². The summed E-state index contributed by atoms with van der Waals surface area (Å²) in [5.41, 5.74) is 2.21. The maximum Gasteiger partial charge on any atom is 0.255 e. The van der Waals surface area contributed by atoms with Gasteiger partial charge in [-0.2, -0.15) is 0 Å². The molecule has 0 saturated carbocycles. The van der Waals surface area contributed by atoms with Crippen LogP contribution in [0.2, 0.25) is 0 Å². The Bertz CT molecular complexity index is 732. The van der Waals surface area contributed by atoms with Gasteiger partial charge in [0.15, 0.2) is 5.65 Å². The number of nitrogens with zero attached hydrogens (tertiary/aromatic N) is 5. The minimum atomic E-state index is 0.0155. The molecule has 0 bridgehead atoms. The first-order valence-electron chi connectivity index (χ1n) is 9.26. The van der Waals surface area contributed by atoms with E-state index in [4.69, 9.17) is 0 Å². The third-order valence-electron chi connectivity index (χ3n) is 4.92. The van der Waals surface area contributed by atoms with E-state index >= 15 is 0 Å². The first kappa shape index (κ1) is 17.9. The number of hydrogen-bond donors (Lipinski definition) is 0. The molecule has 0 radical (unpaired) electrons. The summed E-state index contributed by atoms with van der Waals surface area (Å²) in [5, 5.41) is 0. The average Bonchev–Trinajstić information content (AvgIpc) is 3.22. The summed E-state index contributed by atoms with van der Waals surface area (Å²) in [6.45, 7) is 10.6. The van der Waals surface area contributed by atoms with Crippen LogP contribution >= 0.6 is 0 Å². The molecule has 1 aliphatic heterocycles. The van der Waals surface area contributed by atoms with E-state index in [0.29, 0.717) is 17.5 Å². The van der Waals surface area contributed by atoms with E-state index in [-0.39, 0.29) is 5.91 Å². The van der Waals surface area contributed by atoms with Gasteiger partial charge in [0.25, 0.3) is 5.91 Å². The third-order valence-corrected chi connectivity index (χ3v) is 4.92. The predicted octanol–water partition coefficient (Wildman–Crippen LogP) is 2.82. The minimum Gasteiger partial charge on any atom is -0.341 e. The van der Waals surface area contributed by atoms with Gasteiger partial charge in [-0.1, -0.05) is 6.92 Å². The number of aromatic nitrogens is 3. The average molecular weight is 343 g/mol. The molecule has 6 heteroatoms. The first-order valence-corrected chi connectivity index (χ1v) is 9.26. The summed E-state index contributed by atoms with van der Waals surface area (Å²) in [5.74, 6) is 0.477. The van der Waals surface area contributed by atoms with Gasteiger partial charge >= 0.3 is 0 Å². The van der Waals surface area contributed by atoms with Gasteiger partial charge in [-0.3, -0.25) is 4.79 Å². The molecule has 0 aromatic carbocycles. The Labute approximate surface area is 149 Å². The van der Waals surface area contributed by atoms with Crippen LogP contribution in [0, 0.1) is 5.92 Å². The Hall–Kier alpha value is -1.95. The van der Waals surface area contributed by atoms with Crippen LogP contribution in [-0.2, 0) is 0 Å². The highest BCUT2D eigenvalue weighted by molar-refractivity contribution is 5.96. The maximum atomic E-state index is 12.7. The van der Waals surface area contributed by atoms with Gasteiger partial charge in [-0.05, 0) is 51.8 Å². The van der Waals surface area contributed by atoms with E-state index in [1.807, 2.05) is 22.6 Å². The van der Waals surface area contributed by atoms with E-state index in [1.165, 1.54) is 25.9 Å². The Kier molecular flexibility index (Phi) is 5.37. The Morgan fingerprint density at radius 3 is 2.64 bits per heavy atom. The van der Waals surface area contributed by atoms with Crippen molar-refractivity contribution in [1.82, 2.24) is 24.3 Å². The number of hydrogen-bond acceptors (Lipinski definition) is 4. The lowest BCUT2D eigenvalue weighted by atomic mass is 10.1. The molecular weight excluding hydrogens is 314 g/mol. The smallest absolute Gasteiger partial charge is 0.255 e. The quantitative estimate of drug-likeness (QED) is 0.809. The number of imidazole rings is 1. The maximum absolute atomic E-state index is 12.7. The number of carbonyl (C=O) groups is 1. The molecule has 1 fully saturated rings. The van der Waals surface area contributed by atoms with Crippen LogP contribution in [0.3, 0.4) is 0 Å². The van der Waals surface area contributed by atoms with Crippen molar-refractivity contribution < 1.29 is 4.79 Å². The molecule has 25 heavy (non-hydrogen) atoms. The van der Waals surface area contributed by atoms with Crippen LogP contribution < -0.4 is 0 Å². The van der Waals surface area contributed by atoms with Crippen LogP contribution in [0.15, 0.2) is 18.6 Å². The molecule has 136 valence electrons. The van der Waals surface area contributed by atoms with Crippen molar-refractivity contribution in [3.05, 3.63) is 24.2 Å². The summed E-state index contributed by atoms with van der Waals surface area (Å²) in [6.07, 6.45) is 6.07. The summed E-state index contributed by atoms with van der Waals surface area (Å²) >= 11 is 0. The van der Waals surface area contributed by atoms with Gasteiger partial charge in [0.2, 0.25) is 0 Å². The molecule has 1 amide bonds. The third kappa shape index (κ3) is 4.00. The van der Waals surface area contributed by atoms with Crippen molar-refractivity contribution in [3.63, 3.8) is 0 Å². The molecule has 3 heterocycles. The van der Waals surface area contributed by atoms with Crippen LogP contribution in [0.5, 0.6) is 0 Å². The molecule has 2 aromatic heterocycles. The Morgan fingerprint density at radius 1 is 1.24 bits per heavy atom. The number of likely N-dealkylation sites (tertiary alicyclic amines) is 1.